The number of halogens is 2. The molecule has 2 aromatic rings. The number of para-hydroxylation sites is 1. The molecule has 106 valence electrons. The minimum Gasteiger partial charge on any atom is -0.477 e. The normalized spacial score (nSPS) is 11.3. The van der Waals surface area contributed by atoms with Gasteiger partial charge in [0.05, 0.1) is 5.02 Å². The fourth-order valence-electron chi connectivity index (χ4n) is 1.36. The maximum Gasteiger partial charge on any atom is 0.345 e. The fourth-order valence-corrected chi connectivity index (χ4v) is 3.86. The zero-order valence-electron chi connectivity index (χ0n) is 9.63. The standard InChI is InChI=1S/C11H7ClFNO4S2/c12-6-2-1-3-7(13)10(6)14-20(17,18)9-5-4-8(19-9)11(15)16/h1-5,14H,(H,15,16). The first-order valence-electron chi connectivity index (χ1n) is 5.11. The third-order valence-electron chi connectivity index (χ3n) is 2.26. The molecule has 0 radical (unpaired) electrons. The first-order chi connectivity index (χ1) is 9.31. The number of aromatic carboxylic acids is 1. The van der Waals surface area contributed by atoms with Gasteiger partial charge in [-0.25, -0.2) is 17.6 Å². The molecule has 2 rings (SSSR count). The molecule has 0 saturated heterocycles. The van der Waals surface area contributed by atoms with Gasteiger partial charge in [0.2, 0.25) is 0 Å². The molecule has 1 heterocycles. The van der Waals surface area contributed by atoms with E-state index in [1.54, 1.807) is 0 Å². The smallest absolute Gasteiger partial charge is 0.345 e. The molecular weight excluding hydrogens is 329 g/mol. The van der Waals surface area contributed by atoms with Crippen molar-refractivity contribution in [3.05, 3.63) is 46.0 Å². The molecule has 9 heteroatoms. The van der Waals surface area contributed by atoms with Crippen LogP contribution in [0.1, 0.15) is 9.67 Å². The Morgan fingerprint density at radius 2 is 2.00 bits per heavy atom. The molecule has 0 unspecified atom stereocenters. The Bertz CT molecular complexity index is 752. The Morgan fingerprint density at radius 3 is 2.55 bits per heavy atom. The van der Waals surface area contributed by atoms with Gasteiger partial charge in [-0.1, -0.05) is 17.7 Å². The maximum absolute atomic E-state index is 13.5. The molecule has 0 aliphatic carbocycles. The third-order valence-corrected chi connectivity index (χ3v) is 5.49. The quantitative estimate of drug-likeness (QED) is 0.899. The van der Waals surface area contributed by atoms with E-state index in [-0.39, 0.29) is 19.8 Å². The van der Waals surface area contributed by atoms with Gasteiger partial charge in [0.25, 0.3) is 10.0 Å². The van der Waals surface area contributed by atoms with E-state index in [1.165, 1.54) is 12.1 Å². The van der Waals surface area contributed by atoms with E-state index in [0.29, 0.717) is 11.3 Å². The summed E-state index contributed by atoms with van der Waals surface area (Å²) in [4.78, 5) is 10.6. The van der Waals surface area contributed by atoms with E-state index in [2.05, 4.69) is 0 Å². The fraction of sp³-hybridized carbons (Fsp3) is 0. The highest BCUT2D eigenvalue weighted by molar-refractivity contribution is 7.94. The van der Waals surface area contributed by atoms with Crippen molar-refractivity contribution < 1.29 is 22.7 Å². The predicted molar refractivity (Wildman–Crippen MR) is 73.5 cm³/mol. The van der Waals surface area contributed by atoms with Gasteiger partial charge in [0.15, 0.2) is 0 Å². The van der Waals surface area contributed by atoms with Crippen LogP contribution in [0.4, 0.5) is 10.1 Å². The van der Waals surface area contributed by atoms with Gasteiger partial charge < -0.3 is 5.11 Å². The molecule has 0 atom stereocenters. The Labute approximate surface area is 122 Å². The number of nitrogens with one attached hydrogen (secondary N) is 1. The van der Waals surface area contributed by atoms with Crippen molar-refractivity contribution in [3.63, 3.8) is 0 Å². The van der Waals surface area contributed by atoms with Crippen LogP contribution in [-0.2, 0) is 10.0 Å². The molecule has 0 aliphatic rings. The summed E-state index contributed by atoms with van der Waals surface area (Å²) >= 11 is 6.28. The number of rotatable bonds is 4. The molecule has 2 N–H and O–H groups in total. The summed E-state index contributed by atoms with van der Waals surface area (Å²) in [5.74, 6) is -2.06. The van der Waals surface area contributed by atoms with E-state index >= 15 is 0 Å². The van der Waals surface area contributed by atoms with Gasteiger partial charge in [-0.15, -0.1) is 11.3 Å². The van der Waals surface area contributed by atoms with Crippen molar-refractivity contribution in [2.45, 2.75) is 4.21 Å². The zero-order valence-corrected chi connectivity index (χ0v) is 12.0. The van der Waals surface area contributed by atoms with E-state index in [0.717, 1.165) is 18.2 Å². The lowest BCUT2D eigenvalue weighted by molar-refractivity contribution is 0.0702. The van der Waals surface area contributed by atoms with Crippen LogP contribution in [0.25, 0.3) is 0 Å². The lowest BCUT2D eigenvalue weighted by atomic mass is 10.3. The summed E-state index contributed by atoms with van der Waals surface area (Å²) in [6, 6.07) is 6.01. The van der Waals surface area contributed by atoms with E-state index in [9.17, 15) is 17.6 Å². The van der Waals surface area contributed by atoms with Crippen LogP contribution in [0.3, 0.4) is 0 Å². The Kier molecular flexibility index (Phi) is 3.98. The number of hydrogen-bond acceptors (Lipinski definition) is 4. The van der Waals surface area contributed by atoms with Gasteiger partial charge in [0.1, 0.15) is 20.6 Å². The number of carboxylic acid groups (broad SMARTS) is 1. The van der Waals surface area contributed by atoms with Crippen molar-refractivity contribution >= 4 is 44.6 Å². The second-order valence-electron chi connectivity index (χ2n) is 3.63. The highest BCUT2D eigenvalue weighted by Gasteiger charge is 2.21. The van der Waals surface area contributed by atoms with E-state index in [1.807, 2.05) is 4.72 Å². The molecule has 0 fully saturated rings. The summed E-state index contributed by atoms with van der Waals surface area (Å²) in [5.41, 5.74) is -0.376. The third kappa shape index (κ3) is 2.92. The van der Waals surface area contributed by atoms with Gasteiger partial charge in [-0.05, 0) is 24.3 Å². The Balaban J connectivity index is 2.38. The number of hydrogen-bond donors (Lipinski definition) is 2. The number of carbonyl (C=O) groups is 1. The number of anilines is 1. The van der Waals surface area contributed by atoms with E-state index < -0.39 is 21.8 Å². The van der Waals surface area contributed by atoms with Gasteiger partial charge in [-0.3, -0.25) is 4.72 Å². The Morgan fingerprint density at radius 1 is 1.30 bits per heavy atom. The summed E-state index contributed by atoms with van der Waals surface area (Å²) < 4.78 is 39.3. The first kappa shape index (κ1) is 14.8. The topological polar surface area (TPSA) is 83.5 Å². The average molecular weight is 336 g/mol. The minimum atomic E-state index is -4.09. The molecule has 1 aromatic carbocycles. The molecule has 0 bridgehead atoms. The van der Waals surface area contributed by atoms with E-state index in [4.69, 9.17) is 16.7 Å². The van der Waals surface area contributed by atoms with Crippen LogP contribution in [0, 0.1) is 5.82 Å². The Hall–Kier alpha value is -1.64. The second-order valence-corrected chi connectivity index (χ2v) is 7.03. The lowest BCUT2D eigenvalue weighted by Gasteiger charge is -2.08. The van der Waals surface area contributed by atoms with Crippen LogP contribution in [-0.4, -0.2) is 19.5 Å². The highest BCUT2D eigenvalue weighted by atomic mass is 35.5. The molecule has 0 amide bonds. The first-order valence-corrected chi connectivity index (χ1v) is 7.79. The molecule has 0 spiro atoms. The van der Waals surface area contributed by atoms with Crippen molar-refractivity contribution in [3.8, 4) is 0 Å². The minimum absolute atomic E-state index is 0.0939. The number of carboxylic acids is 1. The van der Waals surface area contributed by atoms with Gasteiger partial charge >= 0.3 is 5.97 Å². The summed E-state index contributed by atoms with van der Waals surface area (Å²) in [5, 5.41) is 8.66. The largest absolute Gasteiger partial charge is 0.477 e. The number of sulfonamides is 1. The van der Waals surface area contributed by atoms with Crippen molar-refractivity contribution in [1.82, 2.24) is 0 Å². The second kappa shape index (κ2) is 5.39. The number of benzene rings is 1. The van der Waals surface area contributed by atoms with Crippen LogP contribution >= 0.6 is 22.9 Å². The van der Waals surface area contributed by atoms with Gasteiger partial charge in [-0.2, -0.15) is 0 Å². The monoisotopic (exact) mass is 335 g/mol. The molecule has 5 nitrogen and oxygen atoms in total. The van der Waals surface area contributed by atoms with Crippen LogP contribution < -0.4 is 4.72 Å². The zero-order chi connectivity index (χ0) is 14.9. The summed E-state index contributed by atoms with van der Waals surface area (Å²) in [7, 11) is -4.09. The van der Waals surface area contributed by atoms with Crippen LogP contribution in [0.2, 0.25) is 5.02 Å². The maximum atomic E-state index is 13.5. The average Bonchev–Trinajstić information content (AvgIpc) is 2.84. The van der Waals surface area contributed by atoms with Gasteiger partial charge in [0, 0.05) is 0 Å². The van der Waals surface area contributed by atoms with Crippen molar-refractivity contribution in [2.24, 2.45) is 0 Å². The number of thiophene rings is 1. The SMILES string of the molecule is O=C(O)c1ccc(S(=O)(=O)Nc2c(F)cccc2Cl)s1. The van der Waals surface area contributed by atoms with Crippen LogP contribution in [0.5, 0.6) is 0 Å². The molecule has 0 aliphatic heterocycles. The highest BCUT2D eigenvalue weighted by Crippen LogP contribution is 2.29. The summed E-state index contributed by atoms with van der Waals surface area (Å²) in [6.45, 7) is 0. The van der Waals surface area contributed by atoms with Crippen LogP contribution in [0.15, 0.2) is 34.5 Å². The summed E-state index contributed by atoms with van der Waals surface area (Å²) in [6.07, 6.45) is 0. The molecular formula is C11H7ClFNO4S2. The predicted octanol–water partition coefficient (Wildman–Crippen LogP) is 3.04. The lowest BCUT2D eigenvalue weighted by Crippen LogP contribution is -2.13. The molecule has 0 saturated carbocycles. The van der Waals surface area contributed by atoms with Crippen molar-refractivity contribution in [2.75, 3.05) is 4.72 Å². The molecule has 1 aromatic heterocycles. The van der Waals surface area contributed by atoms with Crippen molar-refractivity contribution in [1.29, 1.82) is 0 Å². The molecule has 20 heavy (non-hydrogen) atoms.